The summed E-state index contributed by atoms with van der Waals surface area (Å²) in [6, 6.07) is 0. The summed E-state index contributed by atoms with van der Waals surface area (Å²) in [5, 5.41) is 0. The fourth-order valence-corrected chi connectivity index (χ4v) is 1.90. The van der Waals surface area contributed by atoms with Gasteiger partial charge in [-0.2, -0.15) is 0 Å². The van der Waals surface area contributed by atoms with Crippen molar-refractivity contribution in [1.29, 1.82) is 0 Å². The van der Waals surface area contributed by atoms with Gasteiger partial charge in [-0.1, -0.05) is 25.2 Å². The first-order valence-corrected chi connectivity index (χ1v) is 4.53. The standard InChI is InChI=1S/C12H16O/c1-5-6-12(4)7-9(2)11(13)10(3)8-12/h5,7-8H,1,6H2,2-4H3. The third kappa shape index (κ3) is 1.97. The molecule has 0 spiro atoms. The van der Waals surface area contributed by atoms with Crippen molar-refractivity contribution in [2.24, 2.45) is 5.41 Å². The number of ketones is 1. The Balaban J connectivity index is 3.04. The normalized spacial score (nSPS) is 20.7. The van der Waals surface area contributed by atoms with Crippen LogP contribution in [0.2, 0.25) is 0 Å². The number of rotatable bonds is 2. The van der Waals surface area contributed by atoms with Crippen molar-refractivity contribution >= 4 is 5.78 Å². The van der Waals surface area contributed by atoms with Gasteiger partial charge in [-0.25, -0.2) is 0 Å². The largest absolute Gasteiger partial charge is 0.289 e. The molecule has 0 aliphatic heterocycles. The summed E-state index contributed by atoms with van der Waals surface area (Å²) in [5.41, 5.74) is 1.69. The lowest BCUT2D eigenvalue weighted by Gasteiger charge is -2.26. The van der Waals surface area contributed by atoms with Gasteiger partial charge in [0.05, 0.1) is 0 Å². The van der Waals surface area contributed by atoms with Crippen molar-refractivity contribution < 1.29 is 4.79 Å². The van der Waals surface area contributed by atoms with Crippen molar-refractivity contribution in [3.05, 3.63) is 36.0 Å². The second-order valence-electron chi connectivity index (χ2n) is 3.98. The van der Waals surface area contributed by atoms with Crippen LogP contribution in [-0.4, -0.2) is 5.78 Å². The lowest BCUT2D eigenvalue weighted by molar-refractivity contribution is -0.112. The van der Waals surface area contributed by atoms with Crippen LogP contribution >= 0.6 is 0 Å². The molecule has 0 radical (unpaired) electrons. The molecule has 1 heteroatoms. The number of hydrogen-bond acceptors (Lipinski definition) is 1. The number of Topliss-reactive ketones (excluding diaryl/α,β-unsaturated/α-hetero) is 1. The lowest BCUT2D eigenvalue weighted by atomic mass is 9.78. The molecule has 70 valence electrons. The lowest BCUT2D eigenvalue weighted by Crippen LogP contribution is -2.19. The number of hydrogen-bond donors (Lipinski definition) is 0. The quantitative estimate of drug-likeness (QED) is 0.591. The first-order chi connectivity index (χ1) is 5.98. The van der Waals surface area contributed by atoms with Crippen LogP contribution in [0, 0.1) is 5.41 Å². The number of carbonyl (C=O) groups is 1. The van der Waals surface area contributed by atoms with E-state index in [1.807, 2.05) is 32.1 Å². The summed E-state index contributed by atoms with van der Waals surface area (Å²) in [4.78, 5) is 11.5. The summed E-state index contributed by atoms with van der Waals surface area (Å²) in [5.74, 6) is 0.168. The molecular weight excluding hydrogens is 160 g/mol. The molecule has 1 aliphatic carbocycles. The van der Waals surface area contributed by atoms with E-state index in [0.29, 0.717) is 0 Å². The third-order valence-corrected chi connectivity index (χ3v) is 2.39. The molecule has 0 fully saturated rings. The maximum Gasteiger partial charge on any atom is 0.183 e. The second kappa shape index (κ2) is 3.33. The smallest absolute Gasteiger partial charge is 0.183 e. The average Bonchev–Trinajstić information content (AvgIpc) is 2.00. The van der Waals surface area contributed by atoms with E-state index in [1.165, 1.54) is 0 Å². The fraction of sp³-hybridized carbons (Fsp3) is 0.417. The zero-order valence-electron chi connectivity index (χ0n) is 8.55. The summed E-state index contributed by atoms with van der Waals surface area (Å²) in [7, 11) is 0. The van der Waals surface area contributed by atoms with Crippen LogP contribution in [0.15, 0.2) is 36.0 Å². The van der Waals surface area contributed by atoms with Crippen LogP contribution in [0.1, 0.15) is 27.2 Å². The molecule has 1 aliphatic rings. The highest BCUT2D eigenvalue weighted by molar-refractivity contribution is 6.08. The molecule has 0 saturated carbocycles. The van der Waals surface area contributed by atoms with E-state index < -0.39 is 0 Å². The van der Waals surface area contributed by atoms with Gasteiger partial charge in [0.25, 0.3) is 0 Å². The molecule has 0 unspecified atom stereocenters. The molecule has 0 saturated heterocycles. The van der Waals surface area contributed by atoms with Crippen LogP contribution in [0.25, 0.3) is 0 Å². The van der Waals surface area contributed by atoms with Crippen LogP contribution in [0.4, 0.5) is 0 Å². The van der Waals surface area contributed by atoms with E-state index in [2.05, 4.69) is 13.5 Å². The molecular formula is C12H16O. The maximum atomic E-state index is 11.5. The molecule has 1 nitrogen and oxygen atoms in total. The molecule has 1 rings (SSSR count). The Labute approximate surface area is 79.8 Å². The van der Waals surface area contributed by atoms with Crippen LogP contribution in [0.3, 0.4) is 0 Å². The SMILES string of the molecule is C=CCC1(C)C=C(C)C(=O)C(C)=C1. The van der Waals surface area contributed by atoms with Crippen molar-refractivity contribution in [3.63, 3.8) is 0 Å². The highest BCUT2D eigenvalue weighted by Crippen LogP contribution is 2.33. The van der Waals surface area contributed by atoms with Gasteiger partial charge in [-0.05, 0) is 31.4 Å². The Morgan fingerprint density at radius 1 is 1.38 bits per heavy atom. The van der Waals surface area contributed by atoms with Gasteiger partial charge in [0.15, 0.2) is 5.78 Å². The van der Waals surface area contributed by atoms with E-state index in [-0.39, 0.29) is 11.2 Å². The highest BCUT2D eigenvalue weighted by atomic mass is 16.1. The Bertz CT molecular complexity index is 283. The minimum Gasteiger partial charge on any atom is -0.289 e. The fourth-order valence-electron chi connectivity index (χ4n) is 1.90. The van der Waals surface area contributed by atoms with Gasteiger partial charge in [0.1, 0.15) is 0 Å². The topological polar surface area (TPSA) is 17.1 Å². The predicted molar refractivity (Wildman–Crippen MR) is 55.4 cm³/mol. The van der Waals surface area contributed by atoms with Crippen LogP contribution < -0.4 is 0 Å². The number of carbonyl (C=O) groups excluding carboxylic acids is 1. The van der Waals surface area contributed by atoms with Gasteiger partial charge in [-0.15, -0.1) is 6.58 Å². The van der Waals surface area contributed by atoms with E-state index in [1.54, 1.807) is 0 Å². The van der Waals surface area contributed by atoms with Crippen LogP contribution in [-0.2, 0) is 4.79 Å². The summed E-state index contributed by atoms with van der Waals surface area (Å²) in [6.45, 7) is 9.60. The van der Waals surface area contributed by atoms with Gasteiger partial charge in [-0.3, -0.25) is 4.79 Å². The molecule has 0 N–H and O–H groups in total. The minimum absolute atomic E-state index is 0.0101. The molecule has 0 amide bonds. The van der Waals surface area contributed by atoms with E-state index in [9.17, 15) is 4.79 Å². The molecule has 13 heavy (non-hydrogen) atoms. The molecule has 0 aromatic heterocycles. The van der Waals surface area contributed by atoms with E-state index in [4.69, 9.17) is 0 Å². The first kappa shape index (κ1) is 9.97. The Morgan fingerprint density at radius 2 is 1.85 bits per heavy atom. The van der Waals surface area contributed by atoms with Crippen molar-refractivity contribution in [2.45, 2.75) is 27.2 Å². The number of allylic oxidation sites excluding steroid dienone is 5. The summed E-state index contributed by atoms with van der Waals surface area (Å²) in [6.07, 6.45) is 6.84. The molecule has 0 atom stereocenters. The monoisotopic (exact) mass is 176 g/mol. The van der Waals surface area contributed by atoms with E-state index in [0.717, 1.165) is 17.6 Å². The highest BCUT2D eigenvalue weighted by Gasteiger charge is 2.25. The van der Waals surface area contributed by atoms with Crippen LogP contribution in [0.5, 0.6) is 0 Å². The minimum atomic E-state index is -0.0101. The van der Waals surface area contributed by atoms with E-state index >= 15 is 0 Å². The second-order valence-corrected chi connectivity index (χ2v) is 3.98. The van der Waals surface area contributed by atoms with Gasteiger partial charge in [0, 0.05) is 5.41 Å². The molecule has 0 bridgehead atoms. The predicted octanol–water partition coefficient (Wildman–Crippen LogP) is 3.04. The van der Waals surface area contributed by atoms with Gasteiger partial charge < -0.3 is 0 Å². The molecule has 0 aromatic rings. The summed E-state index contributed by atoms with van der Waals surface area (Å²) >= 11 is 0. The first-order valence-electron chi connectivity index (χ1n) is 4.53. The van der Waals surface area contributed by atoms with Crippen molar-refractivity contribution in [3.8, 4) is 0 Å². The summed E-state index contributed by atoms with van der Waals surface area (Å²) < 4.78 is 0. The Morgan fingerprint density at radius 3 is 2.23 bits per heavy atom. The van der Waals surface area contributed by atoms with Crippen molar-refractivity contribution in [1.82, 2.24) is 0 Å². The van der Waals surface area contributed by atoms with Gasteiger partial charge in [0.2, 0.25) is 0 Å². The zero-order valence-corrected chi connectivity index (χ0v) is 8.55. The maximum absolute atomic E-state index is 11.5. The van der Waals surface area contributed by atoms with Crippen molar-refractivity contribution in [2.75, 3.05) is 0 Å². The third-order valence-electron chi connectivity index (χ3n) is 2.39. The van der Waals surface area contributed by atoms with Gasteiger partial charge >= 0.3 is 0 Å². The zero-order chi connectivity index (χ0) is 10.1. The average molecular weight is 176 g/mol. The molecule has 0 aromatic carbocycles. The Kier molecular flexibility index (Phi) is 2.55. The molecule has 0 heterocycles. The Hall–Kier alpha value is -1.11.